The van der Waals surface area contributed by atoms with Crippen LogP contribution in [0.5, 0.6) is 0 Å². The summed E-state index contributed by atoms with van der Waals surface area (Å²) in [4.78, 5) is 46.6. The van der Waals surface area contributed by atoms with Gasteiger partial charge in [0, 0.05) is 19.2 Å². The largest absolute Gasteiger partial charge is 0.449 e. The van der Waals surface area contributed by atoms with Crippen LogP contribution in [-0.4, -0.2) is 46.9 Å². The summed E-state index contributed by atoms with van der Waals surface area (Å²) in [6.45, 7) is 1.87. The van der Waals surface area contributed by atoms with E-state index in [1.165, 1.54) is 19.1 Å². The van der Waals surface area contributed by atoms with Gasteiger partial charge < -0.3 is 10.1 Å². The van der Waals surface area contributed by atoms with Crippen molar-refractivity contribution in [3.05, 3.63) is 38.3 Å². The van der Waals surface area contributed by atoms with Gasteiger partial charge in [0.2, 0.25) is 0 Å². The highest BCUT2D eigenvalue weighted by atomic mass is 79.9. The van der Waals surface area contributed by atoms with Crippen LogP contribution < -0.4 is 5.32 Å². The number of carbonyl (C=O) groups excluding carboxylic acids is 3. The number of urea groups is 1. The van der Waals surface area contributed by atoms with Crippen molar-refractivity contribution in [2.75, 3.05) is 13.1 Å². The number of ether oxygens (including phenoxy) is 1. The second-order valence-electron chi connectivity index (χ2n) is 4.69. The highest BCUT2D eigenvalue weighted by Gasteiger charge is 2.32. The molecule has 0 aromatic heterocycles. The highest BCUT2D eigenvalue weighted by Crippen LogP contribution is 2.26. The number of benzene rings is 1. The van der Waals surface area contributed by atoms with E-state index in [9.17, 15) is 24.5 Å². The third-order valence-electron chi connectivity index (χ3n) is 3.13. The summed E-state index contributed by atoms with van der Waals surface area (Å²) in [5, 5.41) is 13.3. The van der Waals surface area contributed by atoms with Crippen LogP contribution in [0, 0.1) is 10.1 Å². The Labute approximate surface area is 138 Å². The van der Waals surface area contributed by atoms with E-state index in [4.69, 9.17) is 4.74 Å². The van der Waals surface area contributed by atoms with Gasteiger partial charge in [0.25, 0.3) is 11.6 Å². The molecule has 0 aliphatic carbocycles. The molecule has 1 saturated heterocycles. The zero-order valence-corrected chi connectivity index (χ0v) is 13.5. The number of nitrogens with one attached hydrogen (secondary N) is 1. The van der Waals surface area contributed by atoms with Crippen molar-refractivity contribution in [2.24, 2.45) is 0 Å². The van der Waals surface area contributed by atoms with Crippen molar-refractivity contribution in [2.45, 2.75) is 13.0 Å². The van der Waals surface area contributed by atoms with E-state index in [1.807, 2.05) is 0 Å². The van der Waals surface area contributed by atoms with Gasteiger partial charge >= 0.3 is 12.0 Å². The minimum absolute atomic E-state index is 0.0644. The molecule has 1 atom stereocenters. The van der Waals surface area contributed by atoms with Crippen molar-refractivity contribution in [1.82, 2.24) is 10.2 Å². The van der Waals surface area contributed by atoms with Crippen LogP contribution in [0.4, 0.5) is 10.5 Å². The van der Waals surface area contributed by atoms with Crippen molar-refractivity contribution >= 4 is 39.5 Å². The average Bonchev–Trinajstić information content (AvgIpc) is 2.92. The van der Waals surface area contributed by atoms with Crippen LogP contribution >= 0.6 is 15.9 Å². The molecule has 2 rings (SSSR count). The molecule has 122 valence electrons. The van der Waals surface area contributed by atoms with Crippen LogP contribution in [0.1, 0.15) is 17.3 Å². The van der Waals surface area contributed by atoms with Gasteiger partial charge in [-0.3, -0.25) is 19.8 Å². The molecule has 10 heteroatoms. The van der Waals surface area contributed by atoms with E-state index in [1.54, 1.807) is 0 Å². The maximum Gasteiger partial charge on any atom is 0.339 e. The van der Waals surface area contributed by atoms with Crippen molar-refractivity contribution in [1.29, 1.82) is 0 Å². The molecular weight excluding hydrogens is 374 g/mol. The molecule has 1 fully saturated rings. The van der Waals surface area contributed by atoms with Crippen LogP contribution in [0.25, 0.3) is 0 Å². The number of nitro groups is 1. The lowest BCUT2D eigenvalue weighted by Crippen LogP contribution is -2.41. The fourth-order valence-corrected chi connectivity index (χ4v) is 2.35. The summed E-state index contributed by atoms with van der Waals surface area (Å²) in [5.41, 5.74) is -0.359. The van der Waals surface area contributed by atoms with E-state index in [-0.39, 0.29) is 22.3 Å². The number of nitrogens with zero attached hydrogens (tertiary/aromatic N) is 2. The normalized spacial score (nSPS) is 15.0. The fourth-order valence-electron chi connectivity index (χ4n) is 1.96. The summed E-state index contributed by atoms with van der Waals surface area (Å²) >= 11 is 3.01. The fraction of sp³-hybridized carbons (Fsp3) is 0.308. The first-order chi connectivity index (χ1) is 10.8. The molecule has 1 aliphatic heterocycles. The molecule has 3 amide bonds. The monoisotopic (exact) mass is 385 g/mol. The Hall–Kier alpha value is -2.49. The predicted molar refractivity (Wildman–Crippen MR) is 80.8 cm³/mol. The molecule has 1 aromatic carbocycles. The first-order valence-electron chi connectivity index (χ1n) is 6.55. The molecule has 1 heterocycles. The minimum atomic E-state index is -1.19. The smallest absolute Gasteiger partial charge is 0.339 e. The summed E-state index contributed by atoms with van der Waals surface area (Å²) in [6.07, 6.45) is -1.19. The lowest BCUT2D eigenvalue weighted by Gasteiger charge is -2.18. The van der Waals surface area contributed by atoms with E-state index in [0.717, 1.165) is 11.0 Å². The van der Waals surface area contributed by atoms with Crippen LogP contribution in [-0.2, 0) is 9.53 Å². The number of hydrogen-bond acceptors (Lipinski definition) is 6. The molecule has 9 nitrogen and oxygen atoms in total. The maximum atomic E-state index is 12.0. The quantitative estimate of drug-likeness (QED) is 0.475. The molecule has 23 heavy (non-hydrogen) atoms. The van der Waals surface area contributed by atoms with Crippen LogP contribution in [0.3, 0.4) is 0 Å². The molecule has 0 saturated carbocycles. The Morgan fingerprint density at radius 2 is 2.17 bits per heavy atom. The van der Waals surface area contributed by atoms with Gasteiger partial charge in [-0.15, -0.1) is 0 Å². The Kier molecular flexibility index (Phi) is 4.94. The number of rotatable bonds is 4. The molecule has 1 N–H and O–H groups in total. The molecule has 0 spiro atoms. The number of imide groups is 1. The second kappa shape index (κ2) is 6.73. The van der Waals surface area contributed by atoms with E-state index in [0.29, 0.717) is 6.54 Å². The first kappa shape index (κ1) is 16.9. The molecule has 1 aliphatic rings. The van der Waals surface area contributed by atoms with Gasteiger partial charge in [-0.2, -0.15) is 0 Å². The van der Waals surface area contributed by atoms with Gasteiger partial charge in [-0.05, 0) is 35.0 Å². The van der Waals surface area contributed by atoms with E-state index in [2.05, 4.69) is 21.2 Å². The van der Waals surface area contributed by atoms with Crippen LogP contribution in [0.15, 0.2) is 22.7 Å². The summed E-state index contributed by atoms with van der Waals surface area (Å²) in [5.74, 6) is -1.54. The standard InChI is InChI=1S/C13H12BrN3O6/c1-7(11(18)16-5-4-15-13(16)20)23-12(19)8-2-3-9(14)10(6-8)17(21)22/h2-3,6-7H,4-5H2,1H3,(H,15,20)/t7-/m1/s1. The Bertz CT molecular complexity index is 692. The van der Waals surface area contributed by atoms with Crippen molar-refractivity contribution in [3.63, 3.8) is 0 Å². The molecular formula is C13H12BrN3O6. The van der Waals surface area contributed by atoms with Gasteiger partial charge in [0.1, 0.15) is 0 Å². The Balaban J connectivity index is 2.09. The zero-order chi connectivity index (χ0) is 17.1. The molecule has 0 radical (unpaired) electrons. The highest BCUT2D eigenvalue weighted by molar-refractivity contribution is 9.10. The zero-order valence-electron chi connectivity index (χ0n) is 11.9. The van der Waals surface area contributed by atoms with Crippen LogP contribution in [0.2, 0.25) is 0 Å². The topological polar surface area (TPSA) is 119 Å². The van der Waals surface area contributed by atoms with Gasteiger partial charge in [0.05, 0.1) is 15.0 Å². The molecule has 1 aromatic rings. The van der Waals surface area contributed by atoms with Crippen molar-refractivity contribution < 1.29 is 24.0 Å². The first-order valence-corrected chi connectivity index (χ1v) is 7.34. The summed E-state index contributed by atoms with van der Waals surface area (Å²) in [7, 11) is 0. The van der Waals surface area contributed by atoms with Gasteiger partial charge in [-0.25, -0.2) is 9.59 Å². The number of esters is 1. The third kappa shape index (κ3) is 3.65. The maximum absolute atomic E-state index is 12.0. The number of amides is 3. The number of carbonyl (C=O) groups is 3. The second-order valence-corrected chi connectivity index (χ2v) is 5.55. The number of hydrogen-bond donors (Lipinski definition) is 1. The predicted octanol–water partition coefficient (Wildman–Crippen LogP) is 1.45. The van der Waals surface area contributed by atoms with Gasteiger partial charge in [-0.1, -0.05) is 0 Å². The summed E-state index contributed by atoms with van der Waals surface area (Å²) in [6, 6.07) is 3.18. The minimum Gasteiger partial charge on any atom is -0.449 e. The lowest BCUT2D eigenvalue weighted by molar-refractivity contribution is -0.385. The Morgan fingerprint density at radius 1 is 1.48 bits per heavy atom. The third-order valence-corrected chi connectivity index (χ3v) is 3.80. The molecule has 0 bridgehead atoms. The van der Waals surface area contributed by atoms with E-state index < -0.39 is 28.9 Å². The number of halogens is 1. The SMILES string of the molecule is C[C@@H](OC(=O)c1ccc(Br)c([N+](=O)[O-])c1)C(=O)N1CCNC1=O. The summed E-state index contributed by atoms with van der Waals surface area (Å²) < 4.78 is 5.20. The average molecular weight is 386 g/mol. The van der Waals surface area contributed by atoms with E-state index >= 15 is 0 Å². The van der Waals surface area contributed by atoms with Crippen molar-refractivity contribution in [3.8, 4) is 0 Å². The number of nitro benzene ring substituents is 1. The van der Waals surface area contributed by atoms with Gasteiger partial charge in [0.15, 0.2) is 6.10 Å². The Morgan fingerprint density at radius 3 is 2.74 bits per heavy atom. The molecule has 0 unspecified atom stereocenters. The lowest BCUT2D eigenvalue weighted by atomic mass is 10.2.